The molecule has 0 unspecified atom stereocenters. The fraction of sp³-hybridized carbons (Fsp3) is 0.389. The first-order chi connectivity index (χ1) is 10.1. The molecule has 4 N–H and O–H groups in total. The lowest BCUT2D eigenvalue weighted by atomic mass is 9.82. The normalized spacial score (nSPS) is 22.3. The monoisotopic (exact) mass is 282 g/mol. The van der Waals surface area contributed by atoms with Gasteiger partial charge < -0.3 is 11.5 Å². The van der Waals surface area contributed by atoms with Crippen LogP contribution in [0.5, 0.6) is 0 Å². The summed E-state index contributed by atoms with van der Waals surface area (Å²) in [6.07, 6.45) is 4.91. The predicted molar refractivity (Wildman–Crippen MR) is 87.2 cm³/mol. The molecule has 1 saturated carbocycles. The van der Waals surface area contributed by atoms with Crippen molar-refractivity contribution in [1.29, 1.82) is 0 Å². The molecule has 110 valence electrons. The summed E-state index contributed by atoms with van der Waals surface area (Å²) in [7, 11) is 0. The van der Waals surface area contributed by atoms with Gasteiger partial charge in [0.15, 0.2) is 5.78 Å². The molecule has 1 fully saturated rings. The van der Waals surface area contributed by atoms with E-state index in [1.54, 1.807) is 0 Å². The van der Waals surface area contributed by atoms with E-state index in [1.165, 1.54) is 0 Å². The van der Waals surface area contributed by atoms with Crippen LogP contribution in [0.4, 0.5) is 5.69 Å². The summed E-state index contributed by atoms with van der Waals surface area (Å²) in [4.78, 5) is 12.4. The Labute approximate surface area is 125 Å². The number of nitrogens with two attached hydrogens (primary N) is 2. The molecule has 3 heteroatoms. The molecule has 3 nitrogen and oxygen atoms in total. The van der Waals surface area contributed by atoms with E-state index in [9.17, 15) is 4.79 Å². The Bertz CT molecular complexity index is 657. The van der Waals surface area contributed by atoms with Gasteiger partial charge in [0.2, 0.25) is 0 Å². The third-order valence-electron chi connectivity index (χ3n) is 4.55. The number of anilines is 1. The number of Topliss-reactive ketones (excluding diaryl/α,β-unsaturated/α-hetero) is 1. The van der Waals surface area contributed by atoms with Crippen molar-refractivity contribution in [3.05, 3.63) is 42.0 Å². The molecule has 0 aliphatic heterocycles. The maximum atomic E-state index is 12.4. The number of carbonyl (C=O) groups is 1. The summed E-state index contributed by atoms with van der Waals surface area (Å²) >= 11 is 0. The van der Waals surface area contributed by atoms with Crippen LogP contribution in [-0.2, 0) is 0 Å². The zero-order valence-corrected chi connectivity index (χ0v) is 12.2. The van der Waals surface area contributed by atoms with Crippen molar-refractivity contribution >= 4 is 22.2 Å². The van der Waals surface area contributed by atoms with Gasteiger partial charge in [-0.1, -0.05) is 18.2 Å². The molecule has 0 bridgehead atoms. The van der Waals surface area contributed by atoms with Crippen LogP contribution in [0.1, 0.15) is 42.5 Å². The number of fused-ring (bicyclic) bond motifs is 1. The van der Waals surface area contributed by atoms with Crippen molar-refractivity contribution in [2.24, 2.45) is 11.7 Å². The molecule has 0 atom stereocenters. The largest absolute Gasteiger partial charge is 0.399 e. The second-order valence-electron chi connectivity index (χ2n) is 6.23. The number of hydrogen-bond donors (Lipinski definition) is 2. The van der Waals surface area contributed by atoms with Gasteiger partial charge in [0, 0.05) is 23.7 Å². The van der Waals surface area contributed by atoms with E-state index in [-0.39, 0.29) is 5.78 Å². The van der Waals surface area contributed by atoms with Crippen LogP contribution in [0.25, 0.3) is 10.8 Å². The molecule has 21 heavy (non-hydrogen) atoms. The van der Waals surface area contributed by atoms with E-state index in [1.807, 2.05) is 36.4 Å². The maximum Gasteiger partial charge on any atom is 0.163 e. The Morgan fingerprint density at radius 3 is 2.43 bits per heavy atom. The summed E-state index contributed by atoms with van der Waals surface area (Å²) in [5.41, 5.74) is 13.3. The van der Waals surface area contributed by atoms with E-state index in [2.05, 4.69) is 0 Å². The highest BCUT2D eigenvalue weighted by atomic mass is 16.1. The first-order valence-electron chi connectivity index (χ1n) is 7.70. The van der Waals surface area contributed by atoms with Crippen molar-refractivity contribution in [2.45, 2.75) is 38.1 Å². The molecule has 0 amide bonds. The van der Waals surface area contributed by atoms with Crippen LogP contribution < -0.4 is 11.5 Å². The quantitative estimate of drug-likeness (QED) is 0.668. The Hall–Kier alpha value is -1.87. The lowest BCUT2D eigenvalue weighted by Gasteiger charge is -2.25. The van der Waals surface area contributed by atoms with E-state index < -0.39 is 0 Å². The van der Waals surface area contributed by atoms with Crippen molar-refractivity contribution in [1.82, 2.24) is 0 Å². The van der Waals surface area contributed by atoms with Gasteiger partial charge in [0.1, 0.15) is 0 Å². The minimum Gasteiger partial charge on any atom is -0.399 e. The number of carbonyl (C=O) groups excluding carboxylic acids is 1. The van der Waals surface area contributed by atoms with E-state index in [0.717, 1.165) is 47.7 Å². The van der Waals surface area contributed by atoms with Gasteiger partial charge in [-0.25, -0.2) is 0 Å². The third-order valence-corrected chi connectivity index (χ3v) is 4.55. The summed E-state index contributed by atoms with van der Waals surface area (Å²) in [5.74, 6) is 0.744. The second kappa shape index (κ2) is 5.86. The Balaban J connectivity index is 1.74. The molecule has 2 aromatic carbocycles. The molecule has 0 heterocycles. The highest BCUT2D eigenvalue weighted by molar-refractivity contribution is 6.00. The SMILES string of the molecule is Nc1ccc2cc(C(=O)CC3CCC(N)CC3)ccc2c1. The zero-order chi connectivity index (χ0) is 14.8. The van der Waals surface area contributed by atoms with Crippen molar-refractivity contribution < 1.29 is 4.79 Å². The lowest BCUT2D eigenvalue weighted by Crippen LogP contribution is -2.27. The first-order valence-corrected chi connectivity index (χ1v) is 7.70. The number of nitrogen functional groups attached to an aromatic ring is 1. The van der Waals surface area contributed by atoms with Crippen LogP contribution in [0, 0.1) is 5.92 Å². The average Bonchev–Trinajstić information content (AvgIpc) is 2.49. The number of benzene rings is 2. The van der Waals surface area contributed by atoms with Gasteiger partial charge in [0.25, 0.3) is 0 Å². The molecule has 1 aliphatic rings. The van der Waals surface area contributed by atoms with Gasteiger partial charge >= 0.3 is 0 Å². The summed E-state index contributed by atoms with van der Waals surface area (Å²) in [6, 6.07) is 12.0. The summed E-state index contributed by atoms with van der Waals surface area (Å²) < 4.78 is 0. The molecule has 1 aliphatic carbocycles. The topological polar surface area (TPSA) is 69.1 Å². The number of ketones is 1. The highest BCUT2D eigenvalue weighted by Gasteiger charge is 2.21. The van der Waals surface area contributed by atoms with E-state index in [0.29, 0.717) is 18.4 Å². The van der Waals surface area contributed by atoms with Crippen LogP contribution in [0.2, 0.25) is 0 Å². The fourth-order valence-electron chi connectivity index (χ4n) is 3.21. The molecular weight excluding hydrogens is 260 g/mol. The van der Waals surface area contributed by atoms with Gasteiger partial charge in [-0.2, -0.15) is 0 Å². The Morgan fingerprint density at radius 2 is 1.67 bits per heavy atom. The van der Waals surface area contributed by atoms with Crippen LogP contribution >= 0.6 is 0 Å². The predicted octanol–water partition coefficient (Wildman–Crippen LogP) is 3.51. The van der Waals surface area contributed by atoms with Crippen molar-refractivity contribution in [2.75, 3.05) is 5.73 Å². The van der Waals surface area contributed by atoms with Crippen molar-refractivity contribution in [3.63, 3.8) is 0 Å². The first kappa shape index (κ1) is 14.1. The van der Waals surface area contributed by atoms with E-state index in [4.69, 9.17) is 11.5 Å². The van der Waals surface area contributed by atoms with Gasteiger partial charge in [-0.15, -0.1) is 0 Å². The van der Waals surface area contributed by atoms with Crippen LogP contribution in [-0.4, -0.2) is 11.8 Å². The molecule has 0 radical (unpaired) electrons. The fourth-order valence-corrected chi connectivity index (χ4v) is 3.21. The van der Waals surface area contributed by atoms with Crippen LogP contribution in [0.3, 0.4) is 0 Å². The van der Waals surface area contributed by atoms with Gasteiger partial charge in [0.05, 0.1) is 0 Å². The highest BCUT2D eigenvalue weighted by Crippen LogP contribution is 2.28. The number of hydrogen-bond acceptors (Lipinski definition) is 3. The standard InChI is InChI=1S/C18H22N2O/c19-16-6-1-12(2-7-16)9-18(21)15-4-3-14-11-17(20)8-5-13(14)10-15/h3-5,8,10-12,16H,1-2,6-7,9,19-20H2. The third kappa shape index (κ3) is 3.24. The molecule has 0 spiro atoms. The zero-order valence-electron chi connectivity index (χ0n) is 12.2. The van der Waals surface area contributed by atoms with Crippen molar-refractivity contribution in [3.8, 4) is 0 Å². The molecule has 0 aromatic heterocycles. The Kier molecular flexibility index (Phi) is 3.93. The molecule has 2 aromatic rings. The number of rotatable bonds is 3. The summed E-state index contributed by atoms with van der Waals surface area (Å²) in [5, 5.41) is 2.15. The molecular formula is C18H22N2O. The second-order valence-corrected chi connectivity index (χ2v) is 6.23. The van der Waals surface area contributed by atoms with Gasteiger partial charge in [-0.05, 0) is 60.6 Å². The minimum atomic E-state index is 0.245. The average molecular weight is 282 g/mol. The Morgan fingerprint density at radius 1 is 1.00 bits per heavy atom. The lowest BCUT2D eigenvalue weighted by molar-refractivity contribution is 0.0948. The van der Waals surface area contributed by atoms with Crippen LogP contribution in [0.15, 0.2) is 36.4 Å². The minimum absolute atomic E-state index is 0.245. The molecule has 0 saturated heterocycles. The molecule has 3 rings (SSSR count). The maximum absolute atomic E-state index is 12.4. The van der Waals surface area contributed by atoms with Gasteiger partial charge in [-0.3, -0.25) is 4.79 Å². The smallest absolute Gasteiger partial charge is 0.163 e. The summed E-state index contributed by atoms with van der Waals surface area (Å²) in [6.45, 7) is 0. The van der Waals surface area contributed by atoms with E-state index >= 15 is 0 Å².